The van der Waals surface area contributed by atoms with E-state index in [0.717, 1.165) is 6.54 Å². The van der Waals surface area contributed by atoms with E-state index in [1.54, 1.807) is 0 Å². The molecule has 1 atom stereocenters. The molecule has 2 nitrogen and oxygen atoms in total. The lowest BCUT2D eigenvalue weighted by Crippen LogP contribution is -2.31. The SMILES string of the molecule is CCCCCCCCCCN1CCC(C)(CN)C1. The Morgan fingerprint density at radius 1 is 1.00 bits per heavy atom. The summed E-state index contributed by atoms with van der Waals surface area (Å²) in [6, 6.07) is 0. The van der Waals surface area contributed by atoms with Crippen LogP contribution >= 0.6 is 0 Å². The minimum absolute atomic E-state index is 0.403. The van der Waals surface area contributed by atoms with Crippen LogP contribution in [0.3, 0.4) is 0 Å². The van der Waals surface area contributed by atoms with Crippen LogP contribution in [-0.2, 0) is 0 Å². The molecule has 0 bridgehead atoms. The summed E-state index contributed by atoms with van der Waals surface area (Å²) in [6.45, 7) is 9.25. The number of hydrogen-bond donors (Lipinski definition) is 1. The smallest absolute Gasteiger partial charge is 0.00479 e. The Balaban J connectivity index is 1.90. The van der Waals surface area contributed by atoms with Crippen molar-refractivity contribution in [1.29, 1.82) is 0 Å². The molecule has 0 saturated carbocycles. The Kier molecular flexibility index (Phi) is 7.92. The first-order chi connectivity index (χ1) is 8.70. The van der Waals surface area contributed by atoms with Crippen molar-refractivity contribution < 1.29 is 0 Å². The van der Waals surface area contributed by atoms with Gasteiger partial charge in [-0.2, -0.15) is 0 Å². The van der Waals surface area contributed by atoms with Gasteiger partial charge in [0.25, 0.3) is 0 Å². The third kappa shape index (κ3) is 6.19. The van der Waals surface area contributed by atoms with Crippen LogP contribution in [0.15, 0.2) is 0 Å². The molecule has 2 heteroatoms. The molecule has 1 aliphatic heterocycles. The zero-order chi connectivity index (χ0) is 13.3. The van der Waals surface area contributed by atoms with Crippen LogP contribution in [0.2, 0.25) is 0 Å². The fraction of sp³-hybridized carbons (Fsp3) is 1.00. The fourth-order valence-corrected chi connectivity index (χ4v) is 2.95. The molecule has 0 radical (unpaired) electrons. The molecule has 18 heavy (non-hydrogen) atoms. The number of hydrogen-bond acceptors (Lipinski definition) is 2. The van der Waals surface area contributed by atoms with E-state index < -0.39 is 0 Å². The maximum Gasteiger partial charge on any atom is 0.00479 e. The van der Waals surface area contributed by atoms with E-state index in [1.165, 1.54) is 77.4 Å². The van der Waals surface area contributed by atoms with E-state index in [-0.39, 0.29) is 0 Å². The van der Waals surface area contributed by atoms with E-state index in [1.807, 2.05) is 0 Å². The summed E-state index contributed by atoms with van der Waals surface area (Å²) in [6.07, 6.45) is 12.6. The van der Waals surface area contributed by atoms with Crippen molar-refractivity contribution in [2.24, 2.45) is 11.1 Å². The van der Waals surface area contributed by atoms with E-state index in [4.69, 9.17) is 5.73 Å². The molecule has 0 aromatic heterocycles. The first-order valence-corrected chi connectivity index (χ1v) is 8.12. The van der Waals surface area contributed by atoms with Gasteiger partial charge in [-0.25, -0.2) is 0 Å². The normalized spacial score (nSPS) is 24.8. The van der Waals surface area contributed by atoms with Gasteiger partial charge in [-0.1, -0.05) is 58.8 Å². The van der Waals surface area contributed by atoms with Crippen molar-refractivity contribution in [2.75, 3.05) is 26.2 Å². The molecule has 1 aliphatic rings. The summed E-state index contributed by atoms with van der Waals surface area (Å²) in [5.41, 5.74) is 6.24. The van der Waals surface area contributed by atoms with Crippen molar-refractivity contribution >= 4 is 0 Å². The van der Waals surface area contributed by atoms with Crippen molar-refractivity contribution in [3.8, 4) is 0 Å². The van der Waals surface area contributed by atoms with Gasteiger partial charge in [0, 0.05) is 6.54 Å². The van der Waals surface area contributed by atoms with Crippen LogP contribution in [0, 0.1) is 5.41 Å². The van der Waals surface area contributed by atoms with Gasteiger partial charge in [0.05, 0.1) is 0 Å². The molecule has 1 saturated heterocycles. The first-order valence-electron chi connectivity index (χ1n) is 8.12. The van der Waals surface area contributed by atoms with E-state index in [9.17, 15) is 0 Å². The van der Waals surface area contributed by atoms with Crippen LogP contribution in [0.1, 0.15) is 71.6 Å². The average molecular weight is 254 g/mol. The molecular weight excluding hydrogens is 220 g/mol. The second-order valence-electron chi connectivity index (χ2n) is 6.52. The Hall–Kier alpha value is -0.0800. The largest absolute Gasteiger partial charge is 0.330 e. The van der Waals surface area contributed by atoms with Gasteiger partial charge >= 0.3 is 0 Å². The fourth-order valence-electron chi connectivity index (χ4n) is 2.95. The van der Waals surface area contributed by atoms with Crippen molar-refractivity contribution in [1.82, 2.24) is 4.90 Å². The third-order valence-corrected chi connectivity index (χ3v) is 4.46. The molecule has 0 amide bonds. The average Bonchev–Trinajstić information content (AvgIpc) is 2.75. The highest BCUT2D eigenvalue weighted by molar-refractivity contribution is 4.86. The number of rotatable bonds is 10. The molecule has 2 N–H and O–H groups in total. The maximum absolute atomic E-state index is 5.84. The molecule has 0 aromatic carbocycles. The molecule has 0 aromatic rings. The molecule has 1 unspecified atom stereocenters. The highest BCUT2D eigenvalue weighted by atomic mass is 15.2. The topological polar surface area (TPSA) is 29.3 Å². The molecule has 108 valence electrons. The summed E-state index contributed by atoms with van der Waals surface area (Å²) < 4.78 is 0. The Labute approximate surface area is 114 Å². The van der Waals surface area contributed by atoms with Gasteiger partial charge in [0.15, 0.2) is 0 Å². The highest BCUT2D eigenvalue weighted by Crippen LogP contribution is 2.28. The zero-order valence-electron chi connectivity index (χ0n) is 12.7. The lowest BCUT2D eigenvalue weighted by molar-refractivity contribution is 0.275. The van der Waals surface area contributed by atoms with E-state index in [0.29, 0.717) is 5.41 Å². The van der Waals surface area contributed by atoms with Crippen LogP contribution < -0.4 is 5.73 Å². The Morgan fingerprint density at radius 3 is 2.17 bits per heavy atom. The van der Waals surface area contributed by atoms with Crippen molar-refractivity contribution in [2.45, 2.75) is 71.6 Å². The summed E-state index contributed by atoms with van der Waals surface area (Å²) in [7, 11) is 0. The molecular formula is C16H34N2. The monoisotopic (exact) mass is 254 g/mol. The zero-order valence-corrected chi connectivity index (χ0v) is 12.7. The maximum atomic E-state index is 5.84. The predicted molar refractivity (Wildman–Crippen MR) is 80.8 cm³/mol. The van der Waals surface area contributed by atoms with E-state index >= 15 is 0 Å². The van der Waals surface area contributed by atoms with Gasteiger partial charge in [-0.3, -0.25) is 0 Å². The molecule has 0 spiro atoms. The number of nitrogens with two attached hydrogens (primary N) is 1. The standard InChI is InChI=1S/C16H34N2/c1-3-4-5-6-7-8-9-10-12-18-13-11-16(2,14-17)15-18/h3-15,17H2,1-2H3. The lowest BCUT2D eigenvalue weighted by atomic mass is 9.90. The van der Waals surface area contributed by atoms with Crippen LogP contribution in [0.25, 0.3) is 0 Å². The minimum atomic E-state index is 0.403. The lowest BCUT2D eigenvalue weighted by Gasteiger charge is -2.22. The third-order valence-electron chi connectivity index (χ3n) is 4.46. The van der Waals surface area contributed by atoms with Gasteiger partial charge in [-0.05, 0) is 37.9 Å². The second kappa shape index (κ2) is 8.92. The van der Waals surface area contributed by atoms with Crippen molar-refractivity contribution in [3.05, 3.63) is 0 Å². The van der Waals surface area contributed by atoms with Gasteiger partial charge in [0.1, 0.15) is 0 Å². The highest BCUT2D eigenvalue weighted by Gasteiger charge is 2.31. The minimum Gasteiger partial charge on any atom is -0.330 e. The van der Waals surface area contributed by atoms with Gasteiger partial charge in [-0.15, -0.1) is 0 Å². The molecule has 0 aliphatic carbocycles. The Morgan fingerprint density at radius 2 is 1.61 bits per heavy atom. The summed E-state index contributed by atoms with van der Waals surface area (Å²) >= 11 is 0. The Bertz CT molecular complexity index is 205. The molecule has 1 fully saturated rings. The van der Waals surface area contributed by atoms with Crippen LogP contribution in [0.5, 0.6) is 0 Å². The van der Waals surface area contributed by atoms with Crippen LogP contribution in [-0.4, -0.2) is 31.1 Å². The summed E-state index contributed by atoms with van der Waals surface area (Å²) in [5, 5.41) is 0. The number of nitrogens with zero attached hydrogens (tertiary/aromatic N) is 1. The summed E-state index contributed by atoms with van der Waals surface area (Å²) in [4.78, 5) is 2.62. The van der Waals surface area contributed by atoms with Gasteiger partial charge in [0.2, 0.25) is 0 Å². The molecule has 1 heterocycles. The second-order valence-corrected chi connectivity index (χ2v) is 6.52. The van der Waals surface area contributed by atoms with E-state index in [2.05, 4.69) is 18.7 Å². The van der Waals surface area contributed by atoms with Crippen molar-refractivity contribution in [3.63, 3.8) is 0 Å². The van der Waals surface area contributed by atoms with Gasteiger partial charge < -0.3 is 10.6 Å². The predicted octanol–water partition coefficient (Wildman–Crippen LogP) is 3.80. The number of likely N-dealkylation sites (tertiary alicyclic amines) is 1. The molecule has 1 rings (SSSR count). The quantitative estimate of drug-likeness (QED) is 0.601. The number of unbranched alkanes of at least 4 members (excludes halogenated alkanes) is 7. The summed E-state index contributed by atoms with van der Waals surface area (Å²) in [5.74, 6) is 0. The first kappa shape index (κ1) is 16.0. The van der Waals surface area contributed by atoms with Crippen LogP contribution in [0.4, 0.5) is 0 Å².